The van der Waals surface area contributed by atoms with Gasteiger partial charge < -0.3 is 19.5 Å². The predicted molar refractivity (Wildman–Crippen MR) is 147 cm³/mol. The number of nitrogens with one attached hydrogen (secondary N) is 1. The zero-order chi connectivity index (χ0) is 26.0. The number of benzene rings is 1. The standard InChI is InChI=1S/C27H37N3O5S2/c1-34-22-11-13-23(14-12-22)35-18-19-7-9-21(10-8-19)30(20-5-3-2-4-6-20)27(33)29-26-28-17-25(37-26)36-16-15-24(31)32/h11-14,17,19-21H,2-10,15-16,18H2,1H3,(H,31,32)(H,28,29,33). The topological polar surface area (TPSA) is 101 Å². The number of ether oxygens (including phenoxy) is 2. The summed E-state index contributed by atoms with van der Waals surface area (Å²) in [5, 5.41) is 12.5. The molecule has 1 heterocycles. The number of hydrogen-bond donors (Lipinski definition) is 2. The summed E-state index contributed by atoms with van der Waals surface area (Å²) in [6.07, 6.45) is 11.6. The Balaban J connectivity index is 1.31. The highest BCUT2D eigenvalue weighted by molar-refractivity contribution is 8.01. The number of nitrogens with zero attached hydrogens (tertiary/aromatic N) is 2. The Morgan fingerprint density at radius 2 is 1.73 bits per heavy atom. The van der Waals surface area contributed by atoms with E-state index in [1.807, 2.05) is 24.3 Å². The summed E-state index contributed by atoms with van der Waals surface area (Å²) in [5.41, 5.74) is 0. The van der Waals surface area contributed by atoms with Crippen LogP contribution in [0.5, 0.6) is 11.5 Å². The molecule has 1 aromatic carbocycles. The lowest BCUT2D eigenvalue weighted by Gasteiger charge is -2.42. The minimum Gasteiger partial charge on any atom is -0.497 e. The van der Waals surface area contributed by atoms with E-state index in [1.165, 1.54) is 42.4 Å². The minimum absolute atomic E-state index is 0.0544. The van der Waals surface area contributed by atoms with Crippen molar-refractivity contribution in [2.24, 2.45) is 5.92 Å². The highest BCUT2D eigenvalue weighted by atomic mass is 32.2. The van der Waals surface area contributed by atoms with E-state index in [2.05, 4.69) is 15.2 Å². The van der Waals surface area contributed by atoms with E-state index in [-0.39, 0.29) is 24.5 Å². The highest BCUT2D eigenvalue weighted by Gasteiger charge is 2.34. The lowest BCUT2D eigenvalue weighted by Crippen LogP contribution is -2.51. The van der Waals surface area contributed by atoms with E-state index in [1.54, 1.807) is 13.3 Å². The number of aliphatic carboxylic acids is 1. The summed E-state index contributed by atoms with van der Waals surface area (Å²) in [4.78, 5) is 30.8. The molecule has 202 valence electrons. The fourth-order valence-electron chi connectivity index (χ4n) is 5.24. The van der Waals surface area contributed by atoms with E-state index in [9.17, 15) is 9.59 Å². The molecule has 2 aromatic rings. The second-order valence-corrected chi connectivity index (χ2v) is 12.2. The molecule has 37 heavy (non-hydrogen) atoms. The summed E-state index contributed by atoms with van der Waals surface area (Å²) in [7, 11) is 1.66. The van der Waals surface area contributed by atoms with Crippen molar-refractivity contribution in [1.29, 1.82) is 0 Å². The van der Waals surface area contributed by atoms with Gasteiger partial charge in [-0.2, -0.15) is 0 Å². The maximum Gasteiger partial charge on any atom is 0.324 e. The van der Waals surface area contributed by atoms with Gasteiger partial charge in [-0.1, -0.05) is 30.6 Å². The van der Waals surface area contributed by atoms with Gasteiger partial charge in [0.25, 0.3) is 0 Å². The van der Waals surface area contributed by atoms with Gasteiger partial charge in [-0.05, 0) is 68.7 Å². The zero-order valence-electron chi connectivity index (χ0n) is 21.4. The van der Waals surface area contributed by atoms with Crippen molar-refractivity contribution in [3.05, 3.63) is 30.5 Å². The number of aromatic nitrogens is 1. The molecule has 2 aliphatic rings. The molecule has 1 aromatic heterocycles. The van der Waals surface area contributed by atoms with Gasteiger partial charge in [0, 0.05) is 17.8 Å². The Labute approximate surface area is 227 Å². The second kappa shape index (κ2) is 13.9. The molecule has 2 amide bonds. The number of amides is 2. The molecule has 2 aliphatic carbocycles. The normalized spacial score (nSPS) is 20.2. The summed E-state index contributed by atoms with van der Waals surface area (Å²) in [6, 6.07) is 8.14. The fraction of sp³-hybridized carbons (Fsp3) is 0.593. The Bertz CT molecular complexity index is 1000. The monoisotopic (exact) mass is 547 g/mol. The minimum atomic E-state index is -0.810. The molecule has 2 N–H and O–H groups in total. The van der Waals surface area contributed by atoms with Crippen LogP contribution in [-0.4, -0.2) is 58.5 Å². The van der Waals surface area contributed by atoms with Crippen molar-refractivity contribution < 1.29 is 24.2 Å². The van der Waals surface area contributed by atoms with Crippen LogP contribution in [0, 0.1) is 5.92 Å². The molecule has 2 saturated carbocycles. The van der Waals surface area contributed by atoms with Gasteiger partial charge in [0.05, 0.1) is 30.5 Å². The Kier molecular flexibility index (Phi) is 10.4. The maximum absolute atomic E-state index is 13.5. The molecule has 0 unspecified atom stereocenters. The van der Waals surface area contributed by atoms with Gasteiger partial charge in [-0.25, -0.2) is 9.78 Å². The number of hydrogen-bond acceptors (Lipinski definition) is 7. The van der Waals surface area contributed by atoms with Crippen LogP contribution in [0.2, 0.25) is 0 Å². The Hall–Kier alpha value is -2.46. The third-order valence-corrected chi connectivity index (χ3v) is 9.33. The molecule has 4 rings (SSSR count). The number of carbonyl (C=O) groups is 2. The van der Waals surface area contributed by atoms with Crippen molar-refractivity contribution in [3.63, 3.8) is 0 Å². The molecule has 0 atom stereocenters. The van der Waals surface area contributed by atoms with Crippen LogP contribution in [0.1, 0.15) is 64.2 Å². The van der Waals surface area contributed by atoms with Gasteiger partial charge >= 0.3 is 12.0 Å². The van der Waals surface area contributed by atoms with E-state index >= 15 is 0 Å². The molecule has 10 heteroatoms. The van der Waals surface area contributed by atoms with Crippen LogP contribution in [0.25, 0.3) is 0 Å². The molecule has 8 nitrogen and oxygen atoms in total. The van der Waals surface area contributed by atoms with Crippen molar-refractivity contribution in [2.45, 2.75) is 80.5 Å². The lowest BCUT2D eigenvalue weighted by molar-refractivity contribution is -0.136. The van der Waals surface area contributed by atoms with Gasteiger partial charge in [-0.3, -0.25) is 10.1 Å². The van der Waals surface area contributed by atoms with Gasteiger partial charge in [0.15, 0.2) is 5.13 Å². The number of rotatable bonds is 11. The lowest BCUT2D eigenvalue weighted by atomic mass is 9.84. The number of urea groups is 1. The number of methoxy groups -OCH3 is 1. The fourth-order valence-corrected chi connectivity index (χ4v) is 7.11. The van der Waals surface area contributed by atoms with Crippen molar-refractivity contribution in [2.75, 3.05) is 24.8 Å². The number of anilines is 1. The van der Waals surface area contributed by atoms with E-state index < -0.39 is 5.97 Å². The van der Waals surface area contributed by atoms with Crippen molar-refractivity contribution in [3.8, 4) is 11.5 Å². The predicted octanol–water partition coefficient (Wildman–Crippen LogP) is 6.52. The molecule has 0 spiro atoms. The van der Waals surface area contributed by atoms with Crippen LogP contribution >= 0.6 is 23.1 Å². The van der Waals surface area contributed by atoms with E-state index in [0.717, 1.165) is 54.2 Å². The number of carboxylic acid groups (broad SMARTS) is 1. The quantitative estimate of drug-likeness (QED) is 0.309. The molecule has 2 fully saturated rings. The molecule has 0 bridgehead atoms. The first-order chi connectivity index (χ1) is 18.0. The molecule has 0 saturated heterocycles. The second-order valence-electron chi connectivity index (χ2n) is 9.77. The van der Waals surface area contributed by atoms with E-state index in [0.29, 0.717) is 23.4 Å². The summed E-state index contributed by atoms with van der Waals surface area (Å²) in [6.45, 7) is 0.691. The van der Waals surface area contributed by atoms with Gasteiger partial charge in [0.2, 0.25) is 0 Å². The number of thioether (sulfide) groups is 1. The third kappa shape index (κ3) is 8.26. The molecule has 0 aliphatic heterocycles. The molecular weight excluding hydrogens is 510 g/mol. The smallest absolute Gasteiger partial charge is 0.324 e. The zero-order valence-corrected chi connectivity index (χ0v) is 23.0. The highest BCUT2D eigenvalue weighted by Crippen LogP contribution is 2.34. The number of carbonyl (C=O) groups excluding carboxylic acids is 1. The van der Waals surface area contributed by atoms with Crippen LogP contribution in [0.4, 0.5) is 9.93 Å². The SMILES string of the molecule is COc1ccc(OCC2CCC(N(C(=O)Nc3ncc(SCCC(=O)O)s3)C3CCCCC3)CC2)cc1. The number of carboxylic acids is 1. The Morgan fingerprint density at radius 3 is 2.41 bits per heavy atom. The van der Waals surface area contributed by atoms with Crippen LogP contribution in [0.3, 0.4) is 0 Å². The van der Waals surface area contributed by atoms with Crippen LogP contribution < -0.4 is 14.8 Å². The Morgan fingerprint density at radius 1 is 1.05 bits per heavy atom. The van der Waals surface area contributed by atoms with Gasteiger partial charge in [0.1, 0.15) is 11.5 Å². The largest absolute Gasteiger partial charge is 0.497 e. The maximum atomic E-state index is 13.5. The van der Waals surface area contributed by atoms with Gasteiger partial charge in [-0.15, -0.1) is 11.8 Å². The average Bonchev–Trinajstić information content (AvgIpc) is 3.36. The average molecular weight is 548 g/mol. The van der Waals surface area contributed by atoms with Crippen LogP contribution in [0.15, 0.2) is 34.7 Å². The number of thiazole rings is 1. The first-order valence-electron chi connectivity index (χ1n) is 13.2. The molecule has 0 radical (unpaired) electrons. The van der Waals surface area contributed by atoms with Crippen LogP contribution in [-0.2, 0) is 4.79 Å². The van der Waals surface area contributed by atoms with Crippen molar-refractivity contribution in [1.82, 2.24) is 9.88 Å². The summed E-state index contributed by atoms with van der Waals surface area (Å²) < 4.78 is 12.2. The first kappa shape index (κ1) is 27.6. The van der Waals surface area contributed by atoms with Crippen molar-refractivity contribution >= 4 is 40.2 Å². The first-order valence-corrected chi connectivity index (χ1v) is 15.0. The summed E-state index contributed by atoms with van der Waals surface area (Å²) >= 11 is 2.87. The molecular formula is C27H37N3O5S2. The van der Waals surface area contributed by atoms with E-state index in [4.69, 9.17) is 14.6 Å². The third-order valence-electron chi connectivity index (χ3n) is 7.22. The summed E-state index contributed by atoms with van der Waals surface area (Å²) in [5.74, 6) is 1.84.